The summed E-state index contributed by atoms with van der Waals surface area (Å²) in [6, 6.07) is 6.70. The Labute approximate surface area is 127 Å². The number of nitrogens with two attached hydrogens (primary N) is 1. The summed E-state index contributed by atoms with van der Waals surface area (Å²) in [4.78, 5) is 16.4. The fourth-order valence-corrected chi connectivity index (χ4v) is 2.79. The van der Waals surface area contributed by atoms with Crippen molar-refractivity contribution in [2.45, 2.75) is 39.3 Å². The molecule has 0 atom stereocenters. The second-order valence-electron chi connectivity index (χ2n) is 6.29. The Balaban J connectivity index is 1.87. The molecule has 4 nitrogen and oxygen atoms in total. The minimum absolute atomic E-state index is 0.186. The van der Waals surface area contributed by atoms with Gasteiger partial charge in [-0.25, -0.2) is 0 Å². The Bertz CT molecular complexity index is 493. The third-order valence-electron chi connectivity index (χ3n) is 4.32. The van der Waals surface area contributed by atoms with Gasteiger partial charge in [0.2, 0.25) is 5.91 Å². The molecule has 0 radical (unpaired) electrons. The maximum absolute atomic E-state index is 12.3. The minimum Gasteiger partial charge on any atom is -0.340 e. The van der Waals surface area contributed by atoms with Crippen LogP contribution in [0.15, 0.2) is 18.2 Å². The van der Waals surface area contributed by atoms with Crippen molar-refractivity contribution in [2.24, 2.45) is 5.73 Å². The molecule has 0 spiro atoms. The van der Waals surface area contributed by atoms with Gasteiger partial charge in [0, 0.05) is 32.7 Å². The molecule has 1 saturated heterocycles. The molecular weight excluding hydrogens is 262 g/mol. The van der Waals surface area contributed by atoms with E-state index >= 15 is 0 Å². The van der Waals surface area contributed by atoms with Crippen LogP contribution in [0.2, 0.25) is 0 Å². The first kappa shape index (κ1) is 16.0. The van der Waals surface area contributed by atoms with Gasteiger partial charge in [-0.3, -0.25) is 9.69 Å². The van der Waals surface area contributed by atoms with Gasteiger partial charge in [-0.15, -0.1) is 0 Å². The lowest BCUT2D eigenvalue weighted by Gasteiger charge is -2.31. The van der Waals surface area contributed by atoms with E-state index in [1.54, 1.807) is 0 Å². The standard InChI is InChI=1S/C17H27N3O/c1-13-4-5-15(14(2)10-13)11-19(3)17(21)12-20-8-6-16(18)7-9-20/h4-5,10,16H,6-9,11-12,18H2,1-3H3. The zero-order valence-electron chi connectivity index (χ0n) is 13.4. The van der Waals surface area contributed by atoms with E-state index in [4.69, 9.17) is 5.73 Å². The number of benzene rings is 1. The Morgan fingerprint density at radius 3 is 2.62 bits per heavy atom. The third kappa shape index (κ3) is 4.55. The molecule has 2 rings (SSSR count). The molecule has 1 aromatic rings. The van der Waals surface area contributed by atoms with E-state index in [0.29, 0.717) is 19.1 Å². The van der Waals surface area contributed by atoms with Gasteiger partial charge >= 0.3 is 0 Å². The highest BCUT2D eigenvalue weighted by atomic mass is 16.2. The number of likely N-dealkylation sites (N-methyl/N-ethyl adjacent to an activating group) is 1. The molecule has 0 aromatic heterocycles. The maximum atomic E-state index is 12.3. The largest absolute Gasteiger partial charge is 0.340 e. The molecule has 4 heteroatoms. The number of carbonyl (C=O) groups is 1. The van der Waals surface area contributed by atoms with Crippen LogP contribution in [0, 0.1) is 13.8 Å². The number of hydrogen-bond donors (Lipinski definition) is 1. The summed E-state index contributed by atoms with van der Waals surface area (Å²) in [6.45, 7) is 7.25. The predicted octanol–water partition coefficient (Wildman–Crippen LogP) is 1.68. The lowest BCUT2D eigenvalue weighted by atomic mass is 10.1. The molecule has 0 saturated carbocycles. The number of amides is 1. The smallest absolute Gasteiger partial charge is 0.236 e. The van der Waals surface area contributed by atoms with Crippen molar-refractivity contribution in [2.75, 3.05) is 26.7 Å². The Morgan fingerprint density at radius 1 is 1.33 bits per heavy atom. The van der Waals surface area contributed by atoms with E-state index in [9.17, 15) is 4.79 Å². The van der Waals surface area contributed by atoms with Crippen molar-refractivity contribution in [1.82, 2.24) is 9.80 Å². The highest BCUT2D eigenvalue weighted by molar-refractivity contribution is 5.78. The zero-order valence-corrected chi connectivity index (χ0v) is 13.4. The summed E-state index contributed by atoms with van der Waals surface area (Å²) < 4.78 is 0. The summed E-state index contributed by atoms with van der Waals surface area (Å²) >= 11 is 0. The summed E-state index contributed by atoms with van der Waals surface area (Å²) in [5.74, 6) is 0.186. The number of aryl methyl sites for hydroxylation is 2. The minimum atomic E-state index is 0.186. The van der Waals surface area contributed by atoms with Gasteiger partial charge < -0.3 is 10.6 Å². The predicted molar refractivity (Wildman–Crippen MR) is 86.0 cm³/mol. The molecule has 1 fully saturated rings. The van der Waals surface area contributed by atoms with Gasteiger partial charge in [-0.1, -0.05) is 23.8 Å². The van der Waals surface area contributed by atoms with Gasteiger partial charge in [0.05, 0.1) is 6.54 Å². The molecule has 1 aromatic carbocycles. The number of piperidine rings is 1. The SMILES string of the molecule is Cc1ccc(CN(C)C(=O)CN2CCC(N)CC2)c(C)c1. The van der Waals surface area contributed by atoms with Crippen molar-refractivity contribution in [3.05, 3.63) is 34.9 Å². The topological polar surface area (TPSA) is 49.6 Å². The highest BCUT2D eigenvalue weighted by Crippen LogP contribution is 2.13. The number of hydrogen-bond acceptors (Lipinski definition) is 3. The second kappa shape index (κ2) is 7.05. The number of nitrogens with zero attached hydrogens (tertiary/aromatic N) is 2. The van der Waals surface area contributed by atoms with Crippen molar-refractivity contribution in [3.63, 3.8) is 0 Å². The molecule has 1 aliphatic rings. The molecule has 0 aliphatic carbocycles. The van der Waals surface area contributed by atoms with E-state index < -0.39 is 0 Å². The summed E-state index contributed by atoms with van der Waals surface area (Å²) in [6.07, 6.45) is 1.99. The van der Waals surface area contributed by atoms with Crippen LogP contribution in [0.25, 0.3) is 0 Å². The van der Waals surface area contributed by atoms with Crippen LogP contribution in [0.5, 0.6) is 0 Å². The first-order chi connectivity index (χ1) is 9.95. The van der Waals surface area contributed by atoms with Gasteiger partial charge in [-0.2, -0.15) is 0 Å². The van der Waals surface area contributed by atoms with Crippen LogP contribution in [0.3, 0.4) is 0 Å². The average molecular weight is 289 g/mol. The fourth-order valence-electron chi connectivity index (χ4n) is 2.79. The quantitative estimate of drug-likeness (QED) is 0.917. The van der Waals surface area contributed by atoms with E-state index in [1.165, 1.54) is 16.7 Å². The number of carbonyl (C=O) groups excluding carboxylic acids is 1. The van der Waals surface area contributed by atoms with E-state index in [-0.39, 0.29) is 5.91 Å². The molecule has 21 heavy (non-hydrogen) atoms. The van der Waals surface area contributed by atoms with Gasteiger partial charge in [0.15, 0.2) is 0 Å². The molecule has 0 bridgehead atoms. The average Bonchev–Trinajstić information content (AvgIpc) is 2.44. The Morgan fingerprint density at radius 2 is 2.00 bits per heavy atom. The van der Waals surface area contributed by atoms with Crippen molar-refractivity contribution in [1.29, 1.82) is 0 Å². The first-order valence-electron chi connectivity index (χ1n) is 7.73. The van der Waals surface area contributed by atoms with Crippen molar-refractivity contribution >= 4 is 5.91 Å². The first-order valence-corrected chi connectivity index (χ1v) is 7.73. The highest BCUT2D eigenvalue weighted by Gasteiger charge is 2.20. The summed E-state index contributed by atoms with van der Waals surface area (Å²) in [7, 11) is 1.89. The van der Waals surface area contributed by atoms with E-state index in [1.807, 2.05) is 11.9 Å². The van der Waals surface area contributed by atoms with Crippen LogP contribution >= 0.6 is 0 Å². The van der Waals surface area contributed by atoms with Crippen LogP contribution in [0.1, 0.15) is 29.5 Å². The molecule has 2 N–H and O–H groups in total. The van der Waals surface area contributed by atoms with Gasteiger partial charge in [0.25, 0.3) is 0 Å². The van der Waals surface area contributed by atoms with Crippen molar-refractivity contribution in [3.8, 4) is 0 Å². The number of rotatable bonds is 4. The second-order valence-corrected chi connectivity index (χ2v) is 6.29. The third-order valence-corrected chi connectivity index (χ3v) is 4.32. The van der Waals surface area contributed by atoms with Crippen LogP contribution in [-0.4, -0.2) is 48.4 Å². The molecule has 116 valence electrons. The lowest BCUT2D eigenvalue weighted by molar-refractivity contribution is -0.131. The molecule has 1 amide bonds. The monoisotopic (exact) mass is 289 g/mol. The summed E-state index contributed by atoms with van der Waals surface area (Å²) in [5.41, 5.74) is 9.62. The number of likely N-dealkylation sites (tertiary alicyclic amines) is 1. The maximum Gasteiger partial charge on any atom is 0.236 e. The fraction of sp³-hybridized carbons (Fsp3) is 0.588. The Kier molecular flexibility index (Phi) is 5.37. The molecule has 1 aliphatic heterocycles. The zero-order chi connectivity index (χ0) is 15.4. The van der Waals surface area contributed by atoms with Crippen LogP contribution in [-0.2, 0) is 11.3 Å². The summed E-state index contributed by atoms with van der Waals surface area (Å²) in [5, 5.41) is 0. The molecular formula is C17H27N3O. The molecule has 1 heterocycles. The van der Waals surface area contributed by atoms with Crippen molar-refractivity contribution < 1.29 is 4.79 Å². The van der Waals surface area contributed by atoms with E-state index in [0.717, 1.165) is 25.9 Å². The van der Waals surface area contributed by atoms with E-state index in [2.05, 4.69) is 36.9 Å². The Hall–Kier alpha value is -1.39. The van der Waals surface area contributed by atoms with Gasteiger partial charge in [-0.05, 0) is 37.8 Å². The van der Waals surface area contributed by atoms with Crippen LogP contribution < -0.4 is 5.73 Å². The molecule has 0 unspecified atom stereocenters. The van der Waals surface area contributed by atoms with Crippen LogP contribution in [0.4, 0.5) is 0 Å². The lowest BCUT2D eigenvalue weighted by Crippen LogP contribution is -2.44. The normalized spacial score (nSPS) is 17.0. The van der Waals surface area contributed by atoms with Gasteiger partial charge in [0.1, 0.15) is 0 Å².